The van der Waals surface area contributed by atoms with E-state index in [0.29, 0.717) is 13.1 Å². The predicted molar refractivity (Wildman–Crippen MR) is 106 cm³/mol. The van der Waals surface area contributed by atoms with Crippen LogP contribution in [0.1, 0.15) is 50.7 Å². The van der Waals surface area contributed by atoms with Gasteiger partial charge in [-0.3, -0.25) is 14.5 Å². The van der Waals surface area contributed by atoms with Crippen LogP contribution in [0.15, 0.2) is 9.90 Å². The summed E-state index contributed by atoms with van der Waals surface area (Å²) >= 11 is 1.66. The predicted octanol–water partition coefficient (Wildman–Crippen LogP) is 2.25. The molecule has 1 saturated heterocycles. The molecule has 1 unspecified atom stereocenters. The van der Waals surface area contributed by atoms with E-state index < -0.39 is 0 Å². The molecule has 0 spiro atoms. The molecule has 150 valence electrons. The van der Waals surface area contributed by atoms with Gasteiger partial charge in [0.15, 0.2) is 0 Å². The smallest absolute Gasteiger partial charge is 0.255 e. The van der Waals surface area contributed by atoms with Gasteiger partial charge in [-0.15, -0.1) is 11.3 Å². The van der Waals surface area contributed by atoms with Crippen LogP contribution < -0.4 is 5.73 Å². The first-order chi connectivity index (χ1) is 13.4. The Kier molecular flexibility index (Phi) is 5.25. The van der Waals surface area contributed by atoms with Gasteiger partial charge in [0.2, 0.25) is 5.91 Å². The fourth-order valence-corrected chi connectivity index (χ4v) is 5.33. The zero-order valence-electron chi connectivity index (χ0n) is 16.4. The minimum Gasteiger partial charge on any atom is -0.369 e. The Labute approximate surface area is 168 Å². The summed E-state index contributed by atoms with van der Waals surface area (Å²) in [5.74, 6) is 0.389. The van der Waals surface area contributed by atoms with E-state index in [9.17, 15) is 9.59 Å². The van der Waals surface area contributed by atoms with Crippen molar-refractivity contribution in [3.05, 3.63) is 38.4 Å². The largest absolute Gasteiger partial charge is 0.369 e. The van der Waals surface area contributed by atoms with Crippen molar-refractivity contribution in [2.24, 2.45) is 11.7 Å². The molecule has 0 radical (unpaired) electrons. The van der Waals surface area contributed by atoms with Crippen molar-refractivity contribution in [2.45, 2.75) is 46.2 Å². The summed E-state index contributed by atoms with van der Waals surface area (Å²) in [7, 11) is 0. The number of aryl methyl sites for hydroxylation is 2. The Bertz CT molecular complexity index is 884. The molecule has 28 heavy (non-hydrogen) atoms. The summed E-state index contributed by atoms with van der Waals surface area (Å²) in [5.41, 5.74) is 9.54. The topological polar surface area (TPSA) is 92.7 Å². The van der Waals surface area contributed by atoms with Crippen molar-refractivity contribution >= 4 is 23.2 Å². The minimum absolute atomic E-state index is 0.0441. The van der Waals surface area contributed by atoms with Crippen LogP contribution in [-0.2, 0) is 24.3 Å². The molecule has 4 heterocycles. The molecule has 0 saturated carbocycles. The second kappa shape index (κ2) is 7.67. The fraction of sp³-hybridized carbons (Fsp3) is 0.550. The number of carbonyl (C=O) groups excluding carboxylic acids is 2. The fourth-order valence-electron chi connectivity index (χ4n) is 4.21. The van der Waals surface area contributed by atoms with E-state index in [-0.39, 0.29) is 17.7 Å². The van der Waals surface area contributed by atoms with Crippen LogP contribution in [0.2, 0.25) is 0 Å². The summed E-state index contributed by atoms with van der Waals surface area (Å²) in [4.78, 5) is 30.0. The van der Waals surface area contributed by atoms with Gasteiger partial charge in [-0.1, -0.05) is 5.16 Å². The maximum absolute atomic E-state index is 13.1. The van der Waals surface area contributed by atoms with Gasteiger partial charge in [0.25, 0.3) is 5.91 Å². The maximum atomic E-state index is 13.1. The summed E-state index contributed by atoms with van der Waals surface area (Å²) < 4.78 is 5.28. The SMILES string of the molecule is Cc1noc(C)c1CN1CCc2c(C(=O)N3CCCC(C(N)=O)C3)csc2C1. The lowest BCUT2D eigenvalue weighted by molar-refractivity contribution is -0.123. The molecule has 4 rings (SSSR count). The van der Waals surface area contributed by atoms with Crippen LogP contribution >= 0.6 is 11.3 Å². The highest BCUT2D eigenvalue weighted by molar-refractivity contribution is 7.10. The molecular formula is C20H26N4O3S. The van der Waals surface area contributed by atoms with Gasteiger partial charge in [-0.2, -0.15) is 0 Å². The number of nitrogens with zero attached hydrogens (tertiary/aromatic N) is 3. The molecule has 8 heteroatoms. The normalized spacial score (nSPS) is 20.2. The Hall–Kier alpha value is -2.19. The number of piperidine rings is 1. The molecule has 0 aromatic carbocycles. The number of nitrogens with two attached hydrogens (primary N) is 1. The first-order valence-electron chi connectivity index (χ1n) is 9.76. The number of hydrogen-bond acceptors (Lipinski definition) is 6. The molecule has 1 fully saturated rings. The lowest BCUT2D eigenvalue weighted by Gasteiger charge is -2.32. The number of aromatic nitrogens is 1. The van der Waals surface area contributed by atoms with Crippen LogP contribution in [0, 0.1) is 19.8 Å². The molecule has 2 aliphatic heterocycles. The summed E-state index contributed by atoms with van der Waals surface area (Å²) in [6.45, 7) is 7.61. The first kappa shape index (κ1) is 19.1. The number of carbonyl (C=O) groups is 2. The minimum atomic E-state index is -0.306. The van der Waals surface area contributed by atoms with Crippen molar-refractivity contribution in [2.75, 3.05) is 19.6 Å². The Morgan fingerprint density at radius 1 is 1.36 bits per heavy atom. The number of thiophene rings is 1. The second-order valence-electron chi connectivity index (χ2n) is 7.81. The number of likely N-dealkylation sites (tertiary alicyclic amines) is 1. The van der Waals surface area contributed by atoms with E-state index in [1.165, 1.54) is 10.4 Å². The lowest BCUT2D eigenvalue weighted by Crippen LogP contribution is -2.44. The Balaban J connectivity index is 1.46. The van der Waals surface area contributed by atoms with E-state index in [1.807, 2.05) is 19.2 Å². The van der Waals surface area contributed by atoms with Crippen LogP contribution in [-0.4, -0.2) is 46.4 Å². The quantitative estimate of drug-likeness (QED) is 0.847. The summed E-state index contributed by atoms with van der Waals surface area (Å²) in [6, 6.07) is 0. The third-order valence-electron chi connectivity index (χ3n) is 5.93. The van der Waals surface area contributed by atoms with Gasteiger partial charge in [0, 0.05) is 48.5 Å². The van der Waals surface area contributed by atoms with Gasteiger partial charge in [0.1, 0.15) is 5.76 Å². The van der Waals surface area contributed by atoms with Crippen molar-refractivity contribution in [1.82, 2.24) is 15.0 Å². The van der Waals surface area contributed by atoms with Crippen LogP contribution in [0.4, 0.5) is 0 Å². The monoisotopic (exact) mass is 402 g/mol. The molecular weight excluding hydrogens is 376 g/mol. The zero-order chi connectivity index (χ0) is 19.8. The summed E-state index contributed by atoms with van der Waals surface area (Å²) in [6.07, 6.45) is 2.46. The average molecular weight is 403 g/mol. The lowest BCUT2D eigenvalue weighted by atomic mass is 9.96. The Morgan fingerprint density at radius 3 is 2.89 bits per heavy atom. The van der Waals surface area contributed by atoms with E-state index in [1.54, 1.807) is 16.2 Å². The van der Waals surface area contributed by atoms with Crippen molar-refractivity contribution < 1.29 is 14.1 Å². The number of primary amides is 1. The summed E-state index contributed by atoms with van der Waals surface area (Å²) in [5, 5.41) is 6.03. The van der Waals surface area contributed by atoms with Crippen LogP contribution in [0.5, 0.6) is 0 Å². The highest BCUT2D eigenvalue weighted by Crippen LogP contribution is 2.31. The van der Waals surface area contributed by atoms with Gasteiger partial charge in [-0.25, -0.2) is 0 Å². The number of fused-ring (bicyclic) bond motifs is 1. The second-order valence-corrected chi connectivity index (χ2v) is 8.77. The van der Waals surface area contributed by atoms with Gasteiger partial charge >= 0.3 is 0 Å². The Morgan fingerprint density at radius 2 is 2.18 bits per heavy atom. The molecule has 2 aromatic heterocycles. The highest BCUT2D eigenvalue weighted by atomic mass is 32.1. The molecule has 7 nitrogen and oxygen atoms in total. The van der Waals surface area contributed by atoms with E-state index in [2.05, 4.69) is 10.1 Å². The molecule has 0 aliphatic carbocycles. The van der Waals surface area contributed by atoms with Crippen molar-refractivity contribution in [3.8, 4) is 0 Å². The third-order valence-corrected chi connectivity index (χ3v) is 6.94. The maximum Gasteiger partial charge on any atom is 0.255 e. The van der Waals surface area contributed by atoms with Crippen molar-refractivity contribution in [3.63, 3.8) is 0 Å². The number of hydrogen-bond donors (Lipinski definition) is 1. The number of amides is 2. The number of rotatable bonds is 4. The van der Waals surface area contributed by atoms with Crippen LogP contribution in [0.25, 0.3) is 0 Å². The van der Waals surface area contributed by atoms with E-state index >= 15 is 0 Å². The first-order valence-corrected chi connectivity index (χ1v) is 10.6. The standard InChI is InChI=1S/C20H26N4O3S/c1-12-16(13(2)27-22-12)9-23-7-5-15-17(11-28-18(15)10-23)20(26)24-6-3-4-14(8-24)19(21)25/h11,14H,3-10H2,1-2H3,(H2,21,25). The van der Waals surface area contributed by atoms with E-state index in [4.69, 9.17) is 10.3 Å². The van der Waals surface area contributed by atoms with Crippen molar-refractivity contribution in [1.29, 1.82) is 0 Å². The molecule has 2 N–H and O–H groups in total. The van der Waals surface area contributed by atoms with Gasteiger partial charge in [-0.05, 0) is 38.7 Å². The average Bonchev–Trinajstić information content (AvgIpc) is 3.25. The third kappa shape index (κ3) is 3.58. The molecule has 2 aromatic rings. The molecule has 2 aliphatic rings. The van der Waals surface area contributed by atoms with Gasteiger partial charge in [0.05, 0.1) is 17.2 Å². The van der Waals surface area contributed by atoms with E-state index in [0.717, 1.165) is 61.5 Å². The molecule has 1 atom stereocenters. The van der Waals surface area contributed by atoms with Gasteiger partial charge < -0.3 is 15.2 Å². The molecule has 2 amide bonds. The van der Waals surface area contributed by atoms with Crippen LogP contribution in [0.3, 0.4) is 0 Å². The highest BCUT2D eigenvalue weighted by Gasteiger charge is 2.31. The molecule has 0 bridgehead atoms. The zero-order valence-corrected chi connectivity index (χ0v) is 17.2.